The van der Waals surface area contributed by atoms with Gasteiger partial charge in [-0.1, -0.05) is 23.7 Å². The molecule has 1 aliphatic heterocycles. The van der Waals surface area contributed by atoms with Crippen LogP contribution in [-0.4, -0.2) is 32.3 Å². The Morgan fingerprint density at radius 2 is 2.05 bits per heavy atom. The first-order valence-electron chi connectivity index (χ1n) is 5.62. The number of anilines is 1. The van der Waals surface area contributed by atoms with Gasteiger partial charge < -0.3 is 10.1 Å². The maximum absolute atomic E-state index is 12.8. The van der Waals surface area contributed by atoms with Crippen molar-refractivity contribution in [3.63, 3.8) is 0 Å². The van der Waals surface area contributed by atoms with Crippen LogP contribution in [-0.2, 0) is 9.53 Å². The molecule has 0 bridgehead atoms. The van der Waals surface area contributed by atoms with Gasteiger partial charge in [0.05, 0.1) is 6.61 Å². The lowest BCUT2D eigenvalue weighted by molar-refractivity contribution is -0.133. The number of para-hydroxylation sites is 1. The SMILES string of the molecule is [B]c1ccccc1NC(=O)C1=C(C(F)(F)F)OCCS1. The minimum absolute atomic E-state index is 0.0796. The number of alkyl halides is 3. The van der Waals surface area contributed by atoms with E-state index in [1.807, 2.05) is 0 Å². The van der Waals surface area contributed by atoms with Crippen LogP contribution in [0, 0.1) is 0 Å². The van der Waals surface area contributed by atoms with Crippen LogP contribution < -0.4 is 10.8 Å². The summed E-state index contributed by atoms with van der Waals surface area (Å²) in [6, 6.07) is 6.33. The average molecular weight is 299 g/mol. The van der Waals surface area contributed by atoms with E-state index >= 15 is 0 Å². The van der Waals surface area contributed by atoms with Crippen LogP contribution >= 0.6 is 11.8 Å². The summed E-state index contributed by atoms with van der Waals surface area (Å²) < 4.78 is 42.9. The molecule has 1 amide bonds. The molecule has 0 aromatic heterocycles. The van der Waals surface area contributed by atoms with Gasteiger partial charge in [-0.05, 0) is 6.07 Å². The number of carbonyl (C=O) groups is 1. The van der Waals surface area contributed by atoms with Gasteiger partial charge in [-0.15, -0.1) is 11.8 Å². The molecule has 20 heavy (non-hydrogen) atoms. The molecule has 0 atom stereocenters. The lowest BCUT2D eigenvalue weighted by Gasteiger charge is -2.22. The van der Waals surface area contributed by atoms with Crippen LogP contribution in [0.4, 0.5) is 18.9 Å². The highest BCUT2D eigenvalue weighted by Gasteiger charge is 2.42. The molecule has 3 nitrogen and oxygen atoms in total. The number of hydrogen-bond acceptors (Lipinski definition) is 3. The van der Waals surface area contributed by atoms with E-state index in [1.165, 1.54) is 6.07 Å². The van der Waals surface area contributed by atoms with E-state index in [4.69, 9.17) is 7.85 Å². The molecule has 104 valence electrons. The molecule has 0 spiro atoms. The average Bonchev–Trinajstić information content (AvgIpc) is 2.40. The minimum atomic E-state index is -4.69. The summed E-state index contributed by atoms with van der Waals surface area (Å²) in [6.45, 7) is -0.0796. The number of nitrogens with one attached hydrogen (secondary N) is 1. The van der Waals surface area contributed by atoms with Gasteiger partial charge in [0.1, 0.15) is 12.8 Å². The zero-order valence-electron chi connectivity index (χ0n) is 10.2. The quantitative estimate of drug-likeness (QED) is 0.848. The van der Waals surface area contributed by atoms with Gasteiger partial charge in [0.25, 0.3) is 5.91 Å². The highest BCUT2D eigenvalue weighted by atomic mass is 32.2. The molecule has 0 aliphatic carbocycles. The zero-order valence-corrected chi connectivity index (χ0v) is 11.0. The van der Waals surface area contributed by atoms with Gasteiger partial charge in [-0.2, -0.15) is 13.2 Å². The number of benzene rings is 1. The van der Waals surface area contributed by atoms with Crippen molar-refractivity contribution in [2.24, 2.45) is 0 Å². The second kappa shape index (κ2) is 5.82. The molecule has 0 saturated heterocycles. The van der Waals surface area contributed by atoms with Crippen LogP contribution in [0.1, 0.15) is 0 Å². The lowest BCUT2D eigenvalue weighted by atomic mass is 9.94. The molecule has 1 aliphatic rings. The Hall–Kier alpha value is -1.57. The van der Waals surface area contributed by atoms with Crippen LogP contribution in [0.15, 0.2) is 34.9 Å². The molecular formula is C12H9BF3NO2S. The van der Waals surface area contributed by atoms with E-state index in [0.29, 0.717) is 0 Å². The van der Waals surface area contributed by atoms with Crippen molar-refractivity contribution in [1.82, 2.24) is 0 Å². The van der Waals surface area contributed by atoms with Crippen molar-refractivity contribution in [3.05, 3.63) is 34.9 Å². The van der Waals surface area contributed by atoms with E-state index in [1.54, 1.807) is 18.2 Å². The Kier molecular flexibility index (Phi) is 4.32. The fraction of sp³-hybridized carbons (Fsp3) is 0.250. The second-order valence-corrected chi connectivity index (χ2v) is 5.00. The first kappa shape index (κ1) is 14.8. The molecular weight excluding hydrogens is 290 g/mol. The predicted octanol–water partition coefficient (Wildman–Crippen LogP) is 1.96. The van der Waals surface area contributed by atoms with Crippen LogP contribution in [0.25, 0.3) is 0 Å². The smallest absolute Gasteiger partial charge is 0.450 e. The Morgan fingerprint density at radius 1 is 1.35 bits per heavy atom. The number of amides is 1. The largest absolute Gasteiger partial charge is 0.487 e. The van der Waals surface area contributed by atoms with Crippen LogP contribution in [0.3, 0.4) is 0 Å². The van der Waals surface area contributed by atoms with Gasteiger partial charge in [0, 0.05) is 11.4 Å². The molecule has 1 aromatic carbocycles. The highest BCUT2D eigenvalue weighted by molar-refractivity contribution is 8.04. The molecule has 1 heterocycles. The molecule has 0 fully saturated rings. The summed E-state index contributed by atoms with van der Waals surface area (Å²) in [7, 11) is 5.63. The molecule has 1 N–H and O–H groups in total. The number of allylic oxidation sites excluding steroid dienone is 1. The van der Waals surface area contributed by atoms with Gasteiger partial charge in [0.2, 0.25) is 5.76 Å². The standard InChI is InChI=1S/C12H9BF3NO2S/c13-7-3-1-2-4-8(7)17-11(18)9-10(12(14,15)16)19-5-6-20-9/h1-4H,5-6H2,(H,17,18). The van der Waals surface area contributed by atoms with Gasteiger partial charge >= 0.3 is 6.18 Å². The first-order valence-corrected chi connectivity index (χ1v) is 6.61. The Bertz CT molecular complexity index is 560. The van der Waals surface area contributed by atoms with Crippen molar-refractivity contribution in [2.75, 3.05) is 17.7 Å². The number of ether oxygens (including phenoxy) is 1. The third-order valence-electron chi connectivity index (χ3n) is 2.46. The van der Waals surface area contributed by atoms with E-state index in [-0.39, 0.29) is 23.5 Å². The molecule has 0 unspecified atom stereocenters. The second-order valence-electron chi connectivity index (χ2n) is 3.89. The van der Waals surface area contributed by atoms with E-state index in [9.17, 15) is 18.0 Å². The maximum atomic E-state index is 12.8. The minimum Gasteiger partial charge on any atom is -0.487 e. The summed E-state index contributed by atoms with van der Waals surface area (Å²) >= 11 is 0.813. The van der Waals surface area contributed by atoms with Gasteiger partial charge in [-0.25, -0.2) is 0 Å². The third kappa shape index (κ3) is 3.30. The normalized spacial score (nSPS) is 15.8. The Labute approximate surface area is 119 Å². The van der Waals surface area contributed by atoms with E-state index < -0.39 is 22.7 Å². The van der Waals surface area contributed by atoms with Crippen molar-refractivity contribution in [2.45, 2.75) is 6.18 Å². The number of carbonyl (C=O) groups excluding carboxylic acids is 1. The lowest BCUT2D eigenvalue weighted by Crippen LogP contribution is -2.27. The topological polar surface area (TPSA) is 38.3 Å². The van der Waals surface area contributed by atoms with Crippen molar-refractivity contribution >= 4 is 36.7 Å². The fourth-order valence-electron chi connectivity index (χ4n) is 1.59. The molecule has 0 saturated carbocycles. The molecule has 2 radical (unpaired) electrons. The highest BCUT2D eigenvalue weighted by Crippen LogP contribution is 2.37. The van der Waals surface area contributed by atoms with Crippen molar-refractivity contribution in [3.8, 4) is 0 Å². The molecule has 2 rings (SSSR count). The zero-order chi connectivity index (χ0) is 14.8. The Balaban J connectivity index is 2.27. The molecule has 1 aromatic rings. The third-order valence-corrected chi connectivity index (χ3v) is 3.49. The maximum Gasteiger partial charge on any atom is 0.450 e. The van der Waals surface area contributed by atoms with Gasteiger partial charge in [0.15, 0.2) is 0 Å². The predicted molar refractivity (Wildman–Crippen MR) is 72.0 cm³/mol. The summed E-state index contributed by atoms with van der Waals surface area (Å²) in [6.07, 6.45) is -4.69. The van der Waals surface area contributed by atoms with Crippen molar-refractivity contribution in [1.29, 1.82) is 0 Å². The first-order chi connectivity index (χ1) is 9.39. The number of rotatable bonds is 2. The summed E-state index contributed by atoms with van der Waals surface area (Å²) in [5, 5.41) is 2.36. The van der Waals surface area contributed by atoms with Gasteiger partial charge in [-0.3, -0.25) is 4.79 Å². The van der Waals surface area contributed by atoms with Crippen LogP contribution in [0.5, 0.6) is 0 Å². The van der Waals surface area contributed by atoms with E-state index in [0.717, 1.165) is 11.8 Å². The summed E-state index contributed by atoms with van der Waals surface area (Å²) in [4.78, 5) is 11.5. The molecule has 8 heteroatoms. The number of halogens is 3. The van der Waals surface area contributed by atoms with E-state index in [2.05, 4.69) is 10.1 Å². The number of thioether (sulfide) groups is 1. The van der Waals surface area contributed by atoms with Crippen molar-refractivity contribution < 1.29 is 22.7 Å². The Morgan fingerprint density at radius 3 is 2.70 bits per heavy atom. The fourth-order valence-corrected chi connectivity index (χ4v) is 2.45. The van der Waals surface area contributed by atoms with Crippen LogP contribution in [0.2, 0.25) is 0 Å². The number of hydrogen-bond donors (Lipinski definition) is 1. The summed E-state index contributed by atoms with van der Waals surface area (Å²) in [5.74, 6) is -1.84. The summed E-state index contributed by atoms with van der Waals surface area (Å²) in [5.41, 5.74) is 0.537. The monoisotopic (exact) mass is 299 g/mol.